The number of hydrogen-bond acceptors (Lipinski definition) is 4. The Morgan fingerprint density at radius 1 is 1.38 bits per heavy atom. The molecule has 0 fully saturated rings. The molecule has 0 aliphatic rings. The van der Waals surface area contributed by atoms with Crippen molar-refractivity contribution in [2.24, 2.45) is 0 Å². The molecule has 2 aromatic heterocycles. The van der Waals surface area contributed by atoms with Gasteiger partial charge in [0.25, 0.3) is 10.0 Å². The average molecular weight is 241 g/mol. The number of nitrogens with zero attached hydrogens (tertiary/aromatic N) is 2. The largest absolute Gasteiger partial charge is 0.330 e. The number of aromatic amines is 2. The Labute approximate surface area is 92.4 Å². The maximum Gasteiger partial charge on any atom is 0.267 e. The predicted molar refractivity (Wildman–Crippen MR) is 57.5 cm³/mol. The summed E-state index contributed by atoms with van der Waals surface area (Å²) >= 11 is 0. The van der Waals surface area contributed by atoms with Crippen LogP contribution in [0.3, 0.4) is 0 Å². The molecule has 0 amide bonds. The van der Waals surface area contributed by atoms with Gasteiger partial charge >= 0.3 is 0 Å². The first-order chi connectivity index (χ1) is 7.50. The highest BCUT2D eigenvalue weighted by molar-refractivity contribution is 7.92. The Hall–Kier alpha value is -1.83. The van der Waals surface area contributed by atoms with Gasteiger partial charge in [-0.1, -0.05) is 0 Å². The smallest absolute Gasteiger partial charge is 0.267 e. The van der Waals surface area contributed by atoms with Crippen LogP contribution in [-0.2, 0) is 10.0 Å². The fourth-order valence-electron chi connectivity index (χ4n) is 1.44. The van der Waals surface area contributed by atoms with Gasteiger partial charge in [-0.05, 0) is 13.8 Å². The molecule has 0 bridgehead atoms. The van der Waals surface area contributed by atoms with Gasteiger partial charge in [-0.15, -0.1) is 0 Å². The summed E-state index contributed by atoms with van der Waals surface area (Å²) in [7, 11) is -3.64. The molecule has 2 heterocycles. The number of nitrogens with one attached hydrogen (secondary N) is 3. The Balaban J connectivity index is 2.40. The summed E-state index contributed by atoms with van der Waals surface area (Å²) in [4.78, 5) is 6.61. The van der Waals surface area contributed by atoms with Crippen molar-refractivity contribution in [3.05, 3.63) is 23.8 Å². The van der Waals surface area contributed by atoms with Crippen LogP contribution in [0.15, 0.2) is 17.3 Å². The summed E-state index contributed by atoms with van der Waals surface area (Å²) < 4.78 is 26.3. The lowest BCUT2D eigenvalue weighted by Gasteiger charge is -2.04. The van der Waals surface area contributed by atoms with Crippen molar-refractivity contribution in [2.75, 3.05) is 4.72 Å². The minimum absolute atomic E-state index is 0.156. The monoisotopic (exact) mass is 241 g/mol. The first-order valence-corrected chi connectivity index (χ1v) is 6.03. The number of rotatable bonds is 3. The molecule has 2 aromatic rings. The molecule has 0 aliphatic carbocycles. The van der Waals surface area contributed by atoms with E-state index in [1.54, 1.807) is 13.8 Å². The molecule has 0 unspecified atom stereocenters. The molecule has 0 saturated carbocycles. The lowest BCUT2D eigenvalue weighted by atomic mass is 10.4. The van der Waals surface area contributed by atoms with E-state index < -0.39 is 10.0 Å². The summed E-state index contributed by atoms with van der Waals surface area (Å²) in [6.45, 7) is 3.27. The molecule has 86 valence electrons. The zero-order valence-electron chi connectivity index (χ0n) is 8.77. The predicted octanol–water partition coefficient (Wildman–Crippen LogP) is 0.550. The van der Waals surface area contributed by atoms with Crippen molar-refractivity contribution in [3.63, 3.8) is 0 Å². The van der Waals surface area contributed by atoms with Crippen molar-refractivity contribution in [1.29, 1.82) is 0 Å². The molecule has 8 heteroatoms. The van der Waals surface area contributed by atoms with E-state index >= 15 is 0 Å². The first-order valence-electron chi connectivity index (χ1n) is 4.54. The maximum absolute atomic E-state index is 12.0. The maximum atomic E-state index is 12.0. The zero-order chi connectivity index (χ0) is 11.8. The third kappa shape index (κ3) is 1.78. The molecule has 16 heavy (non-hydrogen) atoms. The lowest BCUT2D eigenvalue weighted by molar-refractivity contribution is 0.600. The van der Waals surface area contributed by atoms with Gasteiger partial charge in [-0.3, -0.25) is 5.10 Å². The average Bonchev–Trinajstić information content (AvgIpc) is 2.76. The number of H-pyrrole nitrogens is 2. The van der Waals surface area contributed by atoms with E-state index in [0.29, 0.717) is 11.4 Å². The normalized spacial score (nSPS) is 11.6. The van der Waals surface area contributed by atoms with Crippen LogP contribution in [0.25, 0.3) is 0 Å². The highest BCUT2D eigenvalue weighted by atomic mass is 32.2. The van der Waals surface area contributed by atoms with Gasteiger partial charge in [0.05, 0.1) is 11.4 Å². The number of aromatic nitrogens is 4. The summed E-state index contributed by atoms with van der Waals surface area (Å²) in [5.74, 6) is 0.181. The van der Waals surface area contributed by atoms with E-state index in [-0.39, 0.29) is 10.8 Å². The Morgan fingerprint density at radius 3 is 2.62 bits per heavy atom. The first kappa shape index (κ1) is 10.7. The second-order valence-electron chi connectivity index (χ2n) is 3.31. The Morgan fingerprint density at radius 2 is 2.12 bits per heavy atom. The Kier molecular flexibility index (Phi) is 2.43. The molecule has 0 aromatic carbocycles. The standard InChI is InChI=1S/C8H11N5O2S/c1-5-7(6(2)12-11-5)16(14,15)13-8-9-3-4-10-8/h3-4H,1-2H3,(H,11,12)(H2,9,10,13). The molecule has 3 N–H and O–H groups in total. The van der Waals surface area contributed by atoms with E-state index in [9.17, 15) is 8.42 Å². The van der Waals surface area contributed by atoms with Gasteiger partial charge in [0.15, 0.2) is 0 Å². The summed E-state index contributed by atoms with van der Waals surface area (Å²) in [6, 6.07) is 0. The summed E-state index contributed by atoms with van der Waals surface area (Å²) in [5, 5.41) is 6.46. The van der Waals surface area contributed by atoms with Crippen molar-refractivity contribution in [1.82, 2.24) is 20.2 Å². The van der Waals surface area contributed by atoms with Gasteiger partial charge < -0.3 is 4.98 Å². The number of aryl methyl sites for hydroxylation is 2. The van der Waals surface area contributed by atoms with Crippen LogP contribution >= 0.6 is 0 Å². The Bertz CT molecular complexity index is 564. The van der Waals surface area contributed by atoms with Gasteiger partial charge in [0.2, 0.25) is 5.95 Å². The second kappa shape index (κ2) is 3.63. The molecule has 0 radical (unpaired) electrons. The highest BCUT2D eigenvalue weighted by Crippen LogP contribution is 2.18. The minimum atomic E-state index is -3.64. The van der Waals surface area contributed by atoms with Gasteiger partial charge in [0.1, 0.15) is 4.90 Å². The van der Waals surface area contributed by atoms with E-state index in [4.69, 9.17) is 0 Å². The lowest BCUT2D eigenvalue weighted by Crippen LogP contribution is -2.15. The fraction of sp³-hybridized carbons (Fsp3) is 0.250. The van der Waals surface area contributed by atoms with Crippen LogP contribution in [0.2, 0.25) is 0 Å². The number of imidazole rings is 1. The topological polar surface area (TPSA) is 104 Å². The van der Waals surface area contributed by atoms with E-state index in [1.807, 2.05) is 0 Å². The molecule has 0 spiro atoms. The van der Waals surface area contributed by atoms with Crippen LogP contribution in [0.5, 0.6) is 0 Å². The minimum Gasteiger partial charge on any atom is -0.330 e. The van der Waals surface area contributed by atoms with Crippen molar-refractivity contribution < 1.29 is 8.42 Å². The van der Waals surface area contributed by atoms with Crippen LogP contribution < -0.4 is 4.72 Å². The molecule has 7 nitrogen and oxygen atoms in total. The van der Waals surface area contributed by atoms with E-state index in [1.165, 1.54) is 12.4 Å². The van der Waals surface area contributed by atoms with Crippen LogP contribution in [0.4, 0.5) is 5.95 Å². The molecule has 2 rings (SSSR count). The van der Waals surface area contributed by atoms with Crippen LogP contribution in [-0.4, -0.2) is 28.6 Å². The number of hydrogen-bond donors (Lipinski definition) is 3. The SMILES string of the molecule is Cc1n[nH]c(C)c1S(=O)(=O)Nc1ncc[nH]1. The molecule has 0 saturated heterocycles. The zero-order valence-corrected chi connectivity index (χ0v) is 9.59. The van der Waals surface area contributed by atoms with Crippen LogP contribution in [0, 0.1) is 13.8 Å². The highest BCUT2D eigenvalue weighted by Gasteiger charge is 2.22. The van der Waals surface area contributed by atoms with Gasteiger partial charge in [-0.2, -0.15) is 5.10 Å². The van der Waals surface area contributed by atoms with Crippen molar-refractivity contribution in [2.45, 2.75) is 18.7 Å². The van der Waals surface area contributed by atoms with Crippen LogP contribution in [0.1, 0.15) is 11.4 Å². The molecule has 0 aliphatic heterocycles. The van der Waals surface area contributed by atoms with Gasteiger partial charge in [-0.25, -0.2) is 18.1 Å². The van der Waals surface area contributed by atoms with E-state index in [2.05, 4.69) is 24.9 Å². The third-order valence-corrected chi connectivity index (χ3v) is 3.66. The number of sulfonamides is 1. The number of anilines is 1. The van der Waals surface area contributed by atoms with E-state index in [0.717, 1.165) is 0 Å². The van der Waals surface area contributed by atoms with Crippen molar-refractivity contribution in [3.8, 4) is 0 Å². The van der Waals surface area contributed by atoms with Crippen molar-refractivity contribution >= 4 is 16.0 Å². The third-order valence-electron chi connectivity index (χ3n) is 2.06. The molecular weight excluding hydrogens is 230 g/mol. The summed E-state index contributed by atoms with van der Waals surface area (Å²) in [6.07, 6.45) is 3.00. The second-order valence-corrected chi connectivity index (χ2v) is 4.93. The van der Waals surface area contributed by atoms with Gasteiger partial charge in [0, 0.05) is 12.4 Å². The molecular formula is C8H11N5O2S. The fourth-order valence-corrected chi connectivity index (χ4v) is 2.79. The quantitative estimate of drug-likeness (QED) is 0.730. The summed E-state index contributed by atoms with van der Waals surface area (Å²) in [5.41, 5.74) is 0.924. The molecule has 0 atom stereocenters.